The molecule has 7 heteroatoms. The number of methoxy groups -OCH3 is 2. The maximum atomic E-state index is 13.8. The van der Waals surface area contributed by atoms with Crippen LogP contribution in [0.1, 0.15) is 10.4 Å². The first-order valence-corrected chi connectivity index (χ1v) is 13.4. The van der Waals surface area contributed by atoms with Crippen molar-refractivity contribution in [3.8, 4) is 46.0 Å². The first-order valence-electron chi connectivity index (χ1n) is 12.5. The molecule has 0 aliphatic heterocycles. The van der Waals surface area contributed by atoms with Crippen molar-refractivity contribution in [1.29, 1.82) is 0 Å². The molecule has 0 heterocycles. The topological polar surface area (TPSA) is 63.2 Å². The van der Waals surface area contributed by atoms with Gasteiger partial charge in [-0.2, -0.15) is 0 Å². The fourth-order valence-corrected chi connectivity index (χ4v) is 4.93. The highest BCUT2D eigenvalue weighted by atomic mass is 31.1. The lowest BCUT2D eigenvalue weighted by atomic mass is 10.2. The van der Waals surface area contributed by atoms with Crippen molar-refractivity contribution in [3.63, 3.8) is 0 Å². The smallest absolute Gasteiger partial charge is 0.134 e. The van der Waals surface area contributed by atoms with Gasteiger partial charge in [0, 0.05) is 17.7 Å². The van der Waals surface area contributed by atoms with Crippen LogP contribution in [0, 0.1) is 0 Å². The highest BCUT2D eigenvalue weighted by molar-refractivity contribution is 7.66. The van der Waals surface area contributed by atoms with Crippen LogP contribution in [-0.4, -0.2) is 19.7 Å². The van der Waals surface area contributed by atoms with Gasteiger partial charge in [0.05, 0.1) is 19.8 Å². The molecular weight excluding hydrogens is 523 g/mol. The lowest BCUT2D eigenvalue weighted by Gasteiger charge is -2.27. The van der Waals surface area contributed by atoms with E-state index in [2.05, 4.69) is 0 Å². The summed E-state index contributed by atoms with van der Waals surface area (Å²) < 4.78 is 29.8. The van der Waals surface area contributed by atoms with E-state index in [9.17, 15) is 4.79 Å². The van der Waals surface area contributed by atoms with Gasteiger partial charge in [-0.15, -0.1) is 5.30 Å². The molecule has 0 amide bonds. The number of carbonyl (C=O) groups excluding carboxylic acids is 1. The van der Waals surface area contributed by atoms with Crippen LogP contribution in [0.5, 0.6) is 46.0 Å². The molecule has 6 nitrogen and oxygen atoms in total. The number of benzene rings is 5. The summed E-state index contributed by atoms with van der Waals surface area (Å²) in [6, 6.07) is 36.9. The third-order valence-corrected chi connectivity index (χ3v) is 6.88. The molecule has 0 aliphatic rings. The summed E-state index contributed by atoms with van der Waals surface area (Å²) in [4.78, 5) is 13.8. The molecule has 0 aliphatic carbocycles. The Morgan fingerprint density at radius 2 is 0.925 bits per heavy atom. The van der Waals surface area contributed by atoms with Crippen LogP contribution in [-0.2, 0) is 0 Å². The molecule has 0 N–H and O–H groups in total. The van der Waals surface area contributed by atoms with Crippen molar-refractivity contribution < 1.29 is 28.5 Å². The Balaban J connectivity index is 1.63. The number of hydrogen-bond donors (Lipinski definition) is 0. The van der Waals surface area contributed by atoms with Crippen molar-refractivity contribution in [3.05, 3.63) is 127 Å². The van der Waals surface area contributed by atoms with Crippen molar-refractivity contribution in [1.82, 2.24) is 0 Å². The summed E-state index contributed by atoms with van der Waals surface area (Å²) in [7, 11) is 3.33. The Kier molecular flexibility index (Phi) is 8.60. The van der Waals surface area contributed by atoms with Gasteiger partial charge in [0.1, 0.15) is 46.0 Å². The van der Waals surface area contributed by atoms with E-state index >= 15 is 0 Å². The van der Waals surface area contributed by atoms with E-state index in [0.29, 0.717) is 56.9 Å². The summed E-state index contributed by atoms with van der Waals surface area (Å²) >= 11 is 0. The second kappa shape index (κ2) is 12.8. The van der Waals surface area contributed by atoms with Crippen LogP contribution in [0.3, 0.4) is 0 Å². The zero-order chi connectivity index (χ0) is 27.7. The number of rotatable bonds is 11. The van der Waals surface area contributed by atoms with Gasteiger partial charge in [-0.25, -0.2) is 0 Å². The number of carbonyl (C=O) groups is 1. The third kappa shape index (κ3) is 6.42. The molecule has 0 aromatic heterocycles. The third-order valence-electron chi connectivity index (χ3n) is 5.79. The van der Waals surface area contributed by atoms with Gasteiger partial charge < -0.3 is 37.1 Å². The quantitative estimate of drug-likeness (QED) is 0.154. The Labute approximate surface area is 234 Å². The largest absolute Gasteiger partial charge is 0.496 e. The Hall–Kier alpha value is -4.80. The molecule has 5 aromatic carbocycles. The van der Waals surface area contributed by atoms with E-state index < -0.39 is 0 Å². The second-order valence-corrected chi connectivity index (χ2v) is 9.54. The molecule has 0 fully saturated rings. The lowest BCUT2D eigenvalue weighted by Crippen LogP contribution is -2.10. The molecule has 0 bridgehead atoms. The van der Waals surface area contributed by atoms with Gasteiger partial charge in [-0.05, 0) is 48.5 Å². The SMILES string of the molecule is COc1cccc(OC)c1C(=O)[P-]c1c(Oc2ccccc2)cc(Oc2ccccc2)cc1Oc1ccccc1. The predicted octanol–water partition coefficient (Wildman–Crippen LogP) is 8.49. The number of para-hydroxylation sites is 3. The lowest BCUT2D eigenvalue weighted by molar-refractivity contribution is 0.108. The van der Waals surface area contributed by atoms with E-state index in [1.54, 1.807) is 30.3 Å². The van der Waals surface area contributed by atoms with E-state index in [4.69, 9.17) is 23.7 Å². The molecule has 0 saturated carbocycles. The average molecular weight is 550 g/mol. The predicted molar refractivity (Wildman–Crippen MR) is 156 cm³/mol. The standard InChI is InChI=1S/C33H26O6P/c1-35-27-19-12-20-28(36-2)31(27)33(34)40-32-29(38-24-15-8-4-9-16-24)21-26(37-23-13-6-3-7-14-23)22-30(32)39-25-17-10-5-11-18-25/h3-22H,1-2H3/q-1. The Bertz CT molecular complexity index is 1490. The molecule has 0 radical (unpaired) electrons. The molecule has 200 valence electrons. The highest BCUT2D eigenvalue weighted by Gasteiger charge is 2.16. The van der Waals surface area contributed by atoms with Crippen LogP contribution in [0.4, 0.5) is 0 Å². The van der Waals surface area contributed by atoms with Gasteiger partial charge in [0.25, 0.3) is 0 Å². The number of hydrogen-bond acceptors (Lipinski definition) is 6. The zero-order valence-corrected chi connectivity index (χ0v) is 22.8. The summed E-state index contributed by atoms with van der Waals surface area (Å²) in [5.41, 5.74) is 0.0805. The van der Waals surface area contributed by atoms with Gasteiger partial charge >= 0.3 is 0 Å². The molecule has 5 rings (SSSR count). The maximum absolute atomic E-state index is 13.8. The molecule has 0 unspecified atom stereocenters. The minimum atomic E-state index is -0.248. The molecule has 40 heavy (non-hydrogen) atoms. The van der Waals surface area contributed by atoms with E-state index in [1.807, 2.05) is 91.0 Å². The molecule has 0 atom stereocenters. The minimum Gasteiger partial charge on any atom is -0.496 e. The first-order chi connectivity index (χ1) is 19.6. The molecular formula is C33H26O6P-. The van der Waals surface area contributed by atoms with Gasteiger partial charge in [0.2, 0.25) is 0 Å². The average Bonchev–Trinajstić information content (AvgIpc) is 3.00. The second-order valence-electron chi connectivity index (χ2n) is 8.47. The normalized spacial score (nSPS) is 10.8. The Morgan fingerprint density at radius 3 is 1.35 bits per heavy atom. The van der Waals surface area contributed by atoms with Crippen molar-refractivity contribution in [2.24, 2.45) is 0 Å². The summed E-state index contributed by atoms with van der Waals surface area (Å²) in [6.45, 7) is 0. The first kappa shape index (κ1) is 26.8. The summed E-state index contributed by atoms with van der Waals surface area (Å²) in [6.07, 6.45) is 0. The van der Waals surface area contributed by atoms with Crippen molar-refractivity contribution in [2.75, 3.05) is 14.2 Å². The van der Waals surface area contributed by atoms with Crippen molar-refractivity contribution in [2.45, 2.75) is 0 Å². The fraction of sp³-hybridized carbons (Fsp3) is 0.0606. The van der Waals surface area contributed by atoms with Crippen molar-refractivity contribution >= 4 is 19.4 Å². The minimum absolute atomic E-state index is 0.248. The van der Waals surface area contributed by atoms with Crippen LogP contribution < -0.4 is 29.0 Å². The van der Waals surface area contributed by atoms with E-state index in [-0.39, 0.29) is 14.1 Å². The zero-order valence-electron chi connectivity index (χ0n) is 21.9. The van der Waals surface area contributed by atoms with Gasteiger partial charge in [0.15, 0.2) is 0 Å². The summed E-state index contributed by atoms with van der Waals surface area (Å²) in [5, 5.41) is 0.520. The van der Waals surface area contributed by atoms with Crippen LogP contribution in [0.15, 0.2) is 121 Å². The van der Waals surface area contributed by atoms with Crippen LogP contribution in [0.25, 0.3) is 0 Å². The van der Waals surface area contributed by atoms with E-state index in [1.165, 1.54) is 14.2 Å². The summed E-state index contributed by atoms with van der Waals surface area (Å²) in [5.74, 6) is 3.99. The van der Waals surface area contributed by atoms with E-state index in [0.717, 1.165) is 0 Å². The van der Waals surface area contributed by atoms with Crippen LogP contribution >= 0.6 is 8.58 Å². The molecule has 0 spiro atoms. The molecule has 5 aromatic rings. The maximum Gasteiger partial charge on any atom is 0.134 e. The monoisotopic (exact) mass is 549 g/mol. The Morgan fingerprint density at radius 1 is 0.500 bits per heavy atom. The highest BCUT2D eigenvalue weighted by Crippen LogP contribution is 2.41. The van der Waals surface area contributed by atoms with Gasteiger partial charge in [-0.1, -0.05) is 60.7 Å². The number of ether oxygens (including phenoxy) is 5. The van der Waals surface area contributed by atoms with Crippen LogP contribution in [0.2, 0.25) is 0 Å². The fourth-order valence-electron chi connectivity index (χ4n) is 3.96. The molecule has 0 saturated heterocycles. The van der Waals surface area contributed by atoms with Gasteiger partial charge in [-0.3, -0.25) is 0 Å².